The second kappa shape index (κ2) is 4.21. The highest BCUT2D eigenvalue weighted by Crippen LogP contribution is 2.45. The minimum Gasteiger partial charge on any atom is -0.385 e. The first-order valence-electron chi connectivity index (χ1n) is 6.78. The molecule has 0 spiro atoms. The molecule has 1 aromatic rings. The summed E-state index contributed by atoms with van der Waals surface area (Å²) >= 11 is 0. The van der Waals surface area contributed by atoms with E-state index in [1.165, 1.54) is 5.56 Å². The molecule has 1 heterocycles. The molecule has 0 bridgehead atoms. The van der Waals surface area contributed by atoms with Crippen molar-refractivity contribution in [3.8, 4) is 0 Å². The van der Waals surface area contributed by atoms with Crippen molar-refractivity contribution in [3.63, 3.8) is 0 Å². The van der Waals surface area contributed by atoms with Crippen LogP contribution in [0.4, 0.5) is 5.69 Å². The highest BCUT2D eigenvalue weighted by atomic mass is 32.2. The van der Waals surface area contributed by atoms with E-state index in [2.05, 4.69) is 23.9 Å². The summed E-state index contributed by atoms with van der Waals surface area (Å²) in [6.07, 6.45) is 3.04. The highest BCUT2D eigenvalue weighted by Gasteiger charge is 2.47. The Morgan fingerprint density at radius 2 is 2.11 bits per heavy atom. The Hall–Kier alpha value is -1.07. The molecule has 1 aliphatic carbocycles. The van der Waals surface area contributed by atoms with Crippen LogP contribution < -0.4 is 10.0 Å². The molecular weight excluding hydrogens is 260 g/mol. The maximum Gasteiger partial charge on any atom is 0.240 e. The van der Waals surface area contributed by atoms with Crippen LogP contribution in [0.2, 0.25) is 0 Å². The van der Waals surface area contributed by atoms with Gasteiger partial charge in [-0.25, -0.2) is 13.1 Å². The summed E-state index contributed by atoms with van der Waals surface area (Å²) in [7, 11) is -3.39. The third-order valence-corrected chi connectivity index (χ3v) is 5.61. The Morgan fingerprint density at radius 3 is 2.79 bits per heavy atom. The molecule has 1 saturated carbocycles. The normalized spacial score (nSPS) is 24.4. The number of sulfonamides is 1. The van der Waals surface area contributed by atoms with Crippen LogP contribution in [0.3, 0.4) is 0 Å². The number of hydrogen-bond donors (Lipinski definition) is 2. The van der Waals surface area contributed by atoms with E-state index in [0.717, 1.165) is 31.5 Å². The number of fused-ring (bicyclic) bond motifs is 1. The number of rotatable bonds is 3. The van der Waals surface area contributed by atoms with Crippen LogP contribution in [-0.4, -0.2) is 21.0 Å². The Bertz CT molecular complexity index is 608. The fourth-order valence-electron chi connectivity index (χ4n) is 2.53. The van der Waals surface area contributed by atoms with Crippen molar-refractivity contribution < 1.29 is 8.42 Å². The lowest BCUT2D eigenvalue weighted by atomic mass is 10.0. The lowest BCUT2D eigenvalue weighted by molar-refractivity contribution is 0.555. The van der Waals surface area contributed by atoms with Crippen LogP contribution in [0.5, 0.6) is 0 Å². The number of aryl methyl sites for hydroxylation is 1. The van der Waals surface area contributed by atoms with Gasteiger partial charge in [0.05, 0.1) is 4.90 Å². The first kappa shape index (κ1) is 12.9. The van der Waals surface area contributed by atoms with Gasteiger partial charge in [-0.3, -0.25) is 0 Å². The van der Waals surface area contributed by atoms with E-state index >= 15 is 0 Å². The first-order valence-corrected chi connectivity index (χ1v) is 8.26. The van der Waals surface area contributed by atoms with Crippen LogP contribution in [-0.2, 0) is 16.4 Å². The van der Waals surface area contributed by atoms with E-state index in [4.69, 9.17) is 0 Å². The molecule has 104 valence electrons. The Kier molecular flexibility index (Phi) is 2.87. The number of benzene rings is 1. The zero-order chi connectivity index (χ0) is 13.7. The van der Waals surface area contributed by atoms with Crippen molar-refractivity contribution in [2.24, 2.45) is 5.41 Å². The topological polar surface area (TPSA) is 58.2 Å². The Balaban J connectivity index is 1.85. The van der Waals surface area contributed by atoms with Crippen LogP contribution in [0.1, 0.15) is 32.3 Å². The largest absolute Gasteiger partial charge is 0.385 e. The standard InChI is InChI=1S/C14H20N2O2S/c1-14(2)9-13(14)16-19(17,18)11-6-5-10-4-3-7-15-12(10)8-11/h5-6,8,13,15-16H,3-4,7,9H2,1-2H3. The van der Waals surface area contributed by atoms with Gasteiger partial charge >= 0.3 is 0 Å². The van der Waals surface area contributed by atoms with Crippen molar-refractivity contribution in [3.05, 3.63) is 23.8 Å². The highest BCUT2D eigenvalue weighted by molar-refractivity contribution is 7.89. The van der Waals surface area contributed by atoms with Crippen LogP contribution in [0.15, 0.2) is 23.1 Å². The van der Waals surface area contributed by atoms with Gasteiger partial charge in [0.15, 0.2) is 0 Å². The second-order valence-electron chi connectivity index (χ2n) is 6.22. The molecule has 1 aliphatic heterocycles. The zero-order valence-electron chi connectivity index (χ0n) is 11.4. The number of anilines is 1. The fraction of sp³-hybridized carbons (Fsp3) is 0.571. The van der Waals surface area contributed by atoms with Gasteiger partial charge in [0.25, 0.3) is 0 Å². The minimum atomic E-state index is -3.39. The quantitative estimate of drug-likeness (QED) is 0.891. The van der Waals surface area contributed by atoms with Gasteiger partial charge in [-0.15, -0.1) is 0 Å². The Labute approximate surface area is 114 Å². The fourth-order valence-corrected chi connectivity index (χ4v) is 3.96. The van der Waals surface area contributed by atoms with E-state index in [0.29, 0.717) is 4.90 Å². The van der Waals surface area contributed by atoms with Gasteiger partial charge in [-0.1, -0.05) is 19.9 Å². The maximum absolute atomic E-state index is 12.3. The molecule has 19 heavy (non-hydrogen) atoms. The summed E-state index contributed by atoms with van der Waals surface area (Å²) < 4.78 is 27.4. The molecular formula is C14H20N2O2S. The summed E-state index contributed by atoms with van der Waals surface area (Å²) in [4.78, 5) is 0.364. The van der Waals surface area contributed by atoms with Crippen molar-refractivity contribution in [1.82, 2.24) is 4.72 Å². The van der Waals surface area contributed by atoms with Gasteiger partial charge < -0.3 is 5.32 Å². The monoisotopic (exact) mass is 280 g/mol. The molecule has 0 radical (unpaired) electrons. The summed E-state index contributed by atoms with van der Waals surface area (Å²) in [6, 6.07) is 5.46. The van der Waals surface area contributed by atoms with Gasteiger partial charge in [0.1, 0.15) is 0 Å². The third-order valence-electron chi connectivity index (χ3n) is 4.14. The minimum absolute atomic E-state index is 0.0708. The molecule has 4 nitrogen and oxygen atoms in total. The molecule has 5 heteroatoms. The molecule has 2 aliphatic rings. The van der Waals surface area contributed by atoms with Crippen molar-refractivity contribution in [2.75, 3.05) is 11.9 Å². The summed E-state index contributed by atoms with van der Waals surface area (Å²) in [5.74, 6) is 0. The summed E-state index contributed by atoms with van der Waals surface area (Å²) in [5, 5.41) is 3.27. The maximum atomic E-state index is 12.3. The van der Waals surface area contributed by atoms with Gasteiger partial charge in [0, 0.05) is 18.3 Å². The molecule has 1 unspecified atom stereocenters. The predicted molar refractivity (Wildman–Crippen MR) is 75.8 cm³/mol. The van der Waals surface area contributed by atoms with Crippen molar-refractivity contribution >= 4 is 15.7 Å². The SMILES string of the molecule is CC1(C)CC1NS(=O)(=O)c1ccc2c(c1)NCCC2. The molecule has 1 atom stereocenters. The molecule has 1 fully saturated rings. The summed E-state index contributed by atoms with van der Waals surface area (Å²) in [5.41, 5.74) is 2.26. The van der Waals surface area contributed by atoms with Crippen LogP contribution in [0.25, 0.3) is 0 Å². The van der Waals surface area contributed by atoms with E-state index < -0.39 is 10.0 Å². The Morgan fingerprint density at radius 1 is 1.37 bits per heavy atom. The van der Waals surface area contributed by atoms with E-state index in [1.54, 1.807) is 12.1 Å². The molecule has 2 N–H and O–H groups in total. The average Bonchev–Trinajstić information content (AvgIpc) is 2.95. The molecule has 1 aromatic carbocycles. The van der Waals surface area contributed by atoms with E-state index in [9.17, 15) is 8.42 Å². The summed E-state index contributed by atoms with van der Waals surface area (Å²) in [6.45, 7) is 5.07. The van der Waals surface area contributed by atoms with Gasteiger partial charge in [0.2, 0.25) is 10.0 Å². The smallest absolute Gasteiger partial charge is 0.240 e. The number of nitrogens with one attached hydrogen (secondary N) is 2. The second-order valence-corrected chi connectivity index (χ2v) is 7.93. The third kappa shape index (κ3) is 2.49. The molecule has 3 rings (SSSR count). The molecule has 0 saturated heterocycles. The zero-order valence-corrected chi connectivity index (χ0v) is 12.2. The first-order chi connectivity index (χ1) is 8.88. The van der Waals surface area contributed by atoms with Crippen molar-refractivity contribution in [2.45, 2.75) is 44.0 Å². The number of hydrogen-bond acceptors (Lipinski definition) is 3. The average molecular weight is 280 g/mol. The van der Waals surface area contributed by atoms with Crippen LogP contribution in [0, 0.1) is 5.41 Å². The van der Waals surface area contributed by atoms with Gasteiger partial charge in [-0.2, -0.15) is 0 Å². The molecule has 0 amide bonds. The van der Waals surface area contributed by atoms with Crippen LogP contribution >= 0.6 is 0 Å². The molecule has 0 aromatic heterocycles. The van der Waals surface area contributed by atoms with Crippen molar-refractivity contribution in [1.29, 1.82) is 0 Å². The lowest BCUT2D eigenvalue weighted by Crippen LogP contribution is -2.28. The predicted octanol–water partition coefficient (Wildman–Crippen LogP) is 2.12. The van der Waals surface area contributed by atoms with E-state index in [-0.39, 0.29) is 11.5 Å². The van der Waals surface area contributed by atoms with Gasteiger partial charge in [-0.05, 0) is 42.4 Å². The van der Waals surface area contributed by atoms with E-state index in [1.807, 2.05) is 6.07 Å². The lowest BCUT2D eigenvalue weighted by Gasteiger charge is -2.19.